The Morgan fingerprint density at radius 3 is 2.84 bits per heavy atom. The molecular weight excluding hydrogens is 232 g/mol. The van der Waals surface area contributed by atoms with E-state index in [1.54, 1.807) is 5.56 Å². The van der Waals surface area contributed by atoms with Gasteiger partial charge in [0.1, 0.15) is 0 Å². The van der Waals surface area contributed by atoms with Crippen molar-refractivity contribution in [3.05, 3.63) is 35.4 Å². The monoisotopic (exact) mass is 258 g/mol. The number of nitrogens with zero attached hydrogens (tertiary/aromatic N) is 1. The van der Waals surface area contributed by atoms with E-state index in [0.717, 1.165) is 12.6 Å². The molecule has 1 unspecified atom stereocenters. The quantitative estimate of drug-likeness (QED) is 0.789. The van der Waals surface area contributed by atoms with Gasteiger partial charge in [-0.2, -0.15) is 0 Å². The maximum Gasteiger partial charge on any atom is 0.0239 e. The predicted molar refractivity (Wildman–Crippen MR) is 80.3 cm³/mol. The van der Waals surface area contributed by atoms with E-state index >= 15 is 0 Å². The Balaban J connectivity index is 1.44. The fraction of sp³-hybridized carbons (Fsp3) is 0.647. The molecule has 1 aromatic carbocycles. The number of fused-ring (bicyclic) bond motifs is 1. The molecule has 0 saturated heterocycles. The zero-order chi connectivity index (χ0) is 13.1. The average Bonchev–Trinajstić information content (AvgIpc) is 3.27. The first-order chi connectivity index (χ1) is 9.33. The molecule has 2 nitrogen and oxygen atoms in total. The first-order valence-electron chi connectivity index (χ1n) is 7.87. The molecule has 19 heavy (non-hydrogen) atoms. The van der Waals surface area contributed by atoms with E-state index in [9.17, 15) is 0 Å². The summed E-state index contributed by atoms with van der Waals surface area (Å²) in [6, 6.07) is 10.5. The fourth-order valence-electron chi connectivity index (χ4n) is 3.07. The predicted octanol–water partition coefficient (Wildman–Crippen LogP) is 2.97. The smallest absolute Gasteiger partial charge is 0.0239 e. The Morgan fingerprint density at radius 1 is 1.26 bits per heavy atom. The topological polar surface area (TPSA) is 15.3 Å². The molecule has 0 aromatic heterocycles. The number of benzene rings is 1. The molecule has 2 aliphatic rings. The molecule has 1 fully saturated rings. The Kier molecular flexibility index (Phi) is 4.19. The molecule has 3 rings (SSSR count). The lowest BCUT2D eigenvalue weighted by molar-refractivity contribution is 0.180. The van der Waals surface area contributed by atoms with Crippen molar-refractivity contribution in [2.75, 3.05) is 13.1 Å². The van der Waals surface area contributed by atoms with Crippen LogP contribution in [0.15, 0.2) is 24.3 Å². The van der Waals surface area contributed by atoms with Crippen molar-refractivity contribution in [1.29, 1.82) is 0 Å². The minimum atomic E-state index is 0.717. The van der Waals surface area contributed by atoms with Gasteiger partial charge in [-0.25, -0.2) is 0 Å². The molecule has 1 saturated carbocycles. The zero-order valence-electron chi connectivity index (χ0n) is 12.1. The van der Waals surface area contributed by atoms with Crippen LogP contribution in [0, 0.1) is 0 Å². The molecule has 0 bridgehead atoms. The highest BCUT2D eigenvalue weighted by atomic mass is 15.2. The van der Waals surface area contributed by atoms with Gasteiger partial charge in [-0.1, -0.05) is 24.3 Å². The van der Waals surface area contributed by atoms with Crippen molar-refractivity contribution < 1.29 is 0 Å². The Labute approximate surface area is 117 Å². The SMILES string of the molecule is CC(CCCNC1CC1)N1CCc2ccccc2C1. The fourth-order valence-corrected chi connectivity index (χ4v) is 3.07. The lowest BCUT2D eigenvalue weighted by Gasteiger charge is -2.33. The number of hydrogen-bond acceptors (Lipinski definition) is 2. The Hall–Kier alpha value is -0.860. The van der Waals surface area contributed by atoms with Gasteiger partial charge in [-0.3, -0.25) is 4.90 Å². The van der Waals surface area contributed by atoms with Crippen LogP contribution in [-0.2, 0) is 13.0 Å². The molecule has 0 amide bonds. The van der Waals surface area contributed by atoms with Crippen molar-refractivity contribution >= 4 is 0 Å². The molecule has 1 aliphatic carbocycles. The highest BCUT2D eigenvalue weighted by Gasteiger charge is 2.21. The summed E-state index contributed by atoms with van der Waals surface area (Å²) in [5.74, 6) is 0. The van der Waals surface area contributed by atoms with Crippen molar-refractivity contribution in [3.63, 3.8) is 0 Å². The summed E-state index contributed by atoms with van der Waals surface area (Å²) >= 11 is 0. The lowest BCUT2D eigenvalue weighted by atomic mass is 9.98. The van der Waals surface area contributed by atoms with Gasteiger partial charge in [0, 0.05) is 25.2 Å². The summed E-state index contributed by atoms with van der Waals surface area (Å²) in [6.45, 7) is 5.98. The summed E-state index contributed by atoms with van der Waals surface area (Å²) < 4.78 is 0. The molecule has 0 radical (unpaired) electrons. The van der Waals surface area contributed by atoms with E-state index in [0.29, 0.717) is 6.04 Å². The first kappa shape index (κ1) is 13.1. The second-order valence-corrected chi connectivity index (χ2v) is 6.21. The third-order valence-corrected chi connectivity index (χ3v) is 4.59. The molecule has 1 heterocycles. The van der Waals surface area contributed by atoms with Crippen molar-refractivity contribution in [2.24, 2.45) is 0 Å². The van der Waals surface area contributed by atoms with Gasteiger partial charge in [0.05, 0.1) is 0 Å². The van der Waals surface area contributed by atoms with Crippen molar-refractivity contribution in [3.8, 4) is 0 Å². The van der Waals surface area contributed by atoms with E-state index < -0.39 is 0 Å². The minimum absolute atomic E-state index is 0.717. The highest BCUT2D eigenvalue weighted by molar-refractivity contribution is 5.29. The average molecular weight is 258 g/mol. The van der Waals surface area contributed by atoms with Gasteiger partial charge in [-0.05, 0) is 56.7 Å². The van der Waals surface area contributed by atoms with E-state index in [1.807, 2.05) is 0 Å². The summed E-state index contributed by atoms with van der Waals surface area (Å²) in [5.41, 5.74) is 3.10. The van der Waals surface area contributed by atoms with Gasteiger partial charge in [0.2, 0.25) is 0 Å². The molecule has 1 aliphatic heterocycles. The van der Waals surface area contributed by atoms with Crippen molar-refractivity contribution in [1.82, 2.24) is 10.2 Å². The van der Waals surface area contributed by atoms with Crippen LogP contribution < -0.4 is 5.32 Å². The van der Waals surface area contributed by atoms with Gasteiger partial charge in [0.25, 0.3) is 0 Å². The molecule has 1 N–H and O–H groups in total. The van der Waals surface area contributed by atoms with Crippen LogP contribution in [0.4, 0.5) is 0 Å². The van der Waals surface area contributed by atoms with Crippen LogP contribution >= 0.6 is 0 Å². The van der Waals surface area contributed by atoms with Gasteiger partial charge >= 0.3 is 0 Å². The normalized spacial score (nSPS) is 21.1. The molecule has 2 heteroatoms. The Morgan fingerprint density at radius 2 is 2.05 bits per heavy atom. The van der Waals surface area contributed by atoms with Crippen LogP contribution in [0.25, 0.3) is 0 Å². The molecule has 104 valence electrons. The maximum absolute atomic E-state index is 3.61. The molecule has 1 atom stereocenters. The second kappa shape index (κ2) is 6.06. The van der Waals surface area contributed by atoms with Crippen LogP contribution in [0.5, 0.6) is 0 Å². The highest BCUT2D eigenvalue weighted by Crippen LogP contribution is 2.22. The summed E-state index contributed by atoms with van der Waals surface area (Å²) in [4.78, 5) is 2.65. The van der Waals surface area contributed by atoms with E-state index in [1.165, 1.54) is 50.8 Å². The van der Waals surface area contributed by atoms with E-state index in [2.05, 4.69) is 41.4 Å². The largest absolute Gasteiger partial charge is 0.314 e. The maximum atomic E-state index is 3.61. The van der Waals surface area contributed by atoms with Crippen LogP contribution in [0.2, 0.25) is 0 Å². The summed E-state index contributed by atoms with van der Waals surface area (Å²) in [7, 11) is 0. The molecule has 0 spiro atoms. The second-order valence-electron chi connectivity index (χ2n) is 6.21. The third-order valence-electron chi connectivity index (χ3n) is 4.59. The van der Waals surface area contributed by atoms with E-state index in [4.69, 9.17) is 0 Å². The number of nitrogens with one attached hydrogen (secondary N) is 1. The summed E-state index contributed by atoms with van der Waals surface area (Å²) in [5, 5.41) is 3.61. The standard InChI is InChI=1S/C17H26N2/c1-14(5-4-11-18-17-8-9-17)19-12-10-15-6-2-3-7-16(15)13-19/h2-3,6-7,14,17-18H,4-5,8-13H2,1H3. The Bertz CT molecular complexity index is 411. The van der Waals surface area contributed by atoms with Gasteiger partial charge < -0.3 is 5.32 Å². The first-order valence-corrected chi connectivity index (χ1v) is 7.87. The third kappa shape index (κ3) is 3.58. The van der Waals surface area contributed by atoms with Crippen LogP contribution in [0.1, 0.15) is 43.7 Å². The van der Waals surface area contributed by atoms with Gasteiger partial charge in [-0.15, -0.1) is 0 Å². The molecule has 1 aromatic rings. The lowest BCUT2D eigenvalue weighted by Crippen LogP contribution is -2.38. The van der Waals surface area contributed by atoms with Crippen LogP contribution in [0.3, 0.4) is 0 Å². The molecular formula is C17H26N2. The summed E-state index contributed by atoms with van der Waals surface area (Å²) in [6.07, 6.45) is 6.66. The van der Waals surface area contributed by atoms with Crippen LogP contribution in [-0.4, -0.2) is 30.1 Å². The number of hydrogen-bond donors (Lipinski definition) is 1. The van der Waals surface area contributed by atoms with E-state index in [-0.39, 0.29) is 0 Å². The minimum Gasteiger partial charge on any atom is -0.314 e. The van der Waals surface area contributed by atoms with Gasteiger partial charge in [0.15, 0.2) is 0 Å². The van der Waals surface area contributed by atoms with Crippen molar-refractivity contribution in [2.45, 2.75) is 57.7 Å². The number of rotatable bonds is 6. The zero-order valence-corrected chi connectivity index (χ0v) is 12.1.